The zero-order valence-electron chi connectivity index (χ0n) is 21.3. The van der Waals surface area contributed by atoms with Crippen LogP contribution < -0.4 is 14.9 Å². The maximum atomic E-state index is 12.7. The first-order valence-electron chi connectivity index (χ1n) is 12.4. The Labute approximate surface area is 236 Å². The Morgan fingerprint density at radius 1 is 1.05 bits per heavy atom. The monoisotopic (exact) mass is 570 g/mol. The van der Waals surface area contributed by atoms with Crippen LogP contribution in [0.25, 0.3) is 0 Å². The zero-order chi connectivity index (χ0) is 27.8. The maximum absolute atomic E-state index is 12.7. The van der Waals surface area contributed by atoms with Gasteiger partial charge >= 0.3 is 0 Å². The normalized spacial score (nSPS) is 14.3. The molecule has 1 N–H and O–H groups in total. The Bertz CT molecular complexity index is 1340. The molecule has 11 heteroatoms. The number of methoxy groups -OCH3 is 1. The smallest absolute Gasteiger partial charge is 0.269 e. The molecule has 1 saturated heterocycles. The van der Waals surface area contributed by atoms with E-state index in [0.717, 1.165) is 29.8 Å². The summed E-state index contributed by atoms with van der Waals surface area (Å²) in [5.41, 5.74) is 5.33. The van der Waals surface area contributed by atoms with Crippen molar-refractivity contribution < 1.29 is 19.2 Å². The lowest BCUT2D eigenvalue weighted by Crippen LogP contribution is -2.39. The van der Waals surface area contributed by atoms with Gasteiger partial charge in [0.2, 0.25) is 5.91 Å². The number of amides is 1. The maximum Gasteiger partial charge on any atom is 0.269 e. The van der Waals surface area contributed by atoms with Gasteiger partial charge in [-0.15, -0.1) is 0 Å². The highest BCUT2D eigenvalue weighted by molar-refractivity contribution is 6.42. The second kappa shape index (κ2) is 13.4. The molecule has 1 aliphatic heterocycles. The Kier molecular flexibility index (Phi) is 9.75. The van der Waals surface area contributed by atoms with Crippen molar-refractivity contribution in [3.63, 3.8) is 0 Å². The van der Waals surface area contributed by atoms with Crippen LogP contribution in [-0.4, -0.2) is 42.1 Å². The molecule has 0 unspecified atom stereocenters. The number of hydrogen-bond acceptors (Lipinski definition) is 7. The van der Waals surface area contributed by atoms with Gasteiger partial charge in [-0.3, -0.25) is 19.8 Å². The van der Waals surface area contributed by atoms with E-state index in [9.17, 15) is 14.9 Å². The summed E-state index contributed by atoms with van der Waals surface area (Å²) < 4.78 is 11.3. The number of rotatable bonds is 10. The molecule has 0 saturated carbocycles. The molecule has 204 valence electrons. The van der Waals surface area contributed by atoms with Crippen LogP contribution >= 0.6 is 23.2 Å². The number of carbonyl (C=O) groups is 1. The van der Waals surface area contributed by atoms with E-state index in [0.29, 0.717) is 40.9 Å². The summed E-state index contributed by atoms with van der Waals surface area (Å²) in [5, 5.41) is 15.9. The van der Waals surface area contributed by atoms with Gasteiger partial charge in [0.05, 0.1) is 28.3 Å². The van der Waals surface area contributed by atoms with E-state index >= 15 is 0 Å². The number of halogens is 2. The average molecular weight is 571 g/mol. The summed E-state index contributed by atoms with van der Waals surface area (Å²) in [5.74, 6) is 0.845. The number of nitrogens with zero attached hydrogens (tertiary/aromatic N) is 3. The molecule has 1 aliphatic rings. The van der Waals surface area contributed by atoms with Crippen LogP contribution in [0.3, 0.4) is 0 Å². The third kappa shape index (κ3) is 7.92. The first-order valence-corrected chi connectivity index (χ1v) is 13.1. The number of piperidine rings is 1. The van der Waals surface area contributed by atoms with Gasteiger partial charge in [0.25, 0.3) is 5.69 Å². The van der Waals surface area contributed by atoms with Crippen LogP contribution in [0.15, 0.2) is 65.8 Å². The van der Waals surface area contributed by atoms with E-state index in [1.807, 2.05) is 12.1 Å². The van der Waals surface area contributed by atoms with Crippen molar-refractivity contribution in [3.8, 4) is 11.5 Å². The number of non-ortho nitro benzene ring substituents is 1. The van der Waals surface area contributed by atoms with Crippen LogP contribution in [-0.2, 0) is 17.9 Å². The lowest BCUT2D eigenvalue weighted by atomic mass is 9.96. The van der Waals surface area contributed by atoms with Gasteiger partial charge in [0, 0.05) is 24.6 Å². The largest absolute Gasteiger partial charge is 0.493 e. The Hall–Kier alpha value is -3.66. The highest BCUT2D eigenvalue weighted by Gasteiger charge is 2.25. The van der Waals surface area contributed by atoms with Crippen LogP contribution in [0.4, 0.5) is 5.69 Å². The van der Waals surface area contributed by atoms with Crippen molar-refractivity contribution in [2.24, 2.45) is 11.0 Å². The number of benzene rings is 3. The van der Waals surface area contributed by atoms with E-state index in [4.69, 9.17) is 32.7 Å². The van der Waals surface area contributed by atoms with Gasteiger partial charge in [-0.25, -0.2) is 5.43 Å². The van der Waals surface area contributed by atoms with Crippen LogP contribution in [0.2, 0.25) is 10.0 Å². The molecule has 3 aromatic carbocycles. The van der Waals surface area contributed by atoms with E-state index < -0.39 is 4.92 Å². The van der Waals surface area contributed by atoms with Crippen molar-refractivity contribution in [3.05, 3.63) is 97.5 Å². The Morgan fingerprint density at radius 3 is 2.44 bits per heavy atom. The Balaban J connectivity index is 1.26. The summed E-state index contributed by atoms with van der Waals surface area (Å²) in [6.45, 7) is 2.48. The van der Waals surface area contributed by atoms with E-state index in [-0.39, 0.29) is 24.1 Å². The molecule has 0 atom stereocenters. The van der Waals surface area contributed by atoms with Gasteiger partial charge in [0.15, 0.2) is 11.5 Å². The van der Waals surface area contributed by atoms with Crippen molar-refractivity contribution >= 4 is 41.0 Å². The fourth-order valence-corrected chi connectivity index (χ4v) is 4.59. The second-order valence-corrected chi connectivity index (χ2v) is 9.97. The number of nitrogens with one attached hydrogen (secondary N) is 1. The molecule has 0 aliphatic carbocycles. The van der Waals surface area contributed by atoms with Crippen LogP contribution in [0.1, 0.15) is 29.5 Å². The standard InChI is InChI=1S/C28H28Cl2N4O5/c1-38-26-9-5-20(15-27(26)39-18-21-4-8-24(29)25(30)14-21)16-31-32-28(35)22-10-12-33(13-11-22)17-19-2-6-23(7-3-19)34(36)37/h2-9,14-16,22H,10-13,17-18H2,1H3,(H,32,35)/b31-16-. The van der Waals surface area contributed by atoms with Crippen molar-refractivity contribution in [1.29, 1.82) is 0 Å². The molecular weight excluding hydrogens is 543 g/mol. The van der Waals surface area contributed by atoms with Gasteiger partial charge in [0.1, 0.15) is 6.61 Å². The van der Waals surface area contributed by atoms with E-state index in [1.54, 1.807) is 49.7 Å². The number of carbonyl (C=O) groups excluding carboxylic acids is 1. The average Bonchev–Trinajstić information content (AvgIpc) is 2.94. The fraction of sp³-hybridized carbons (Fsp3) is 0.286. The fourth-order valence-electron chi connectivity index (χ4n) is 4.27. The van der Waals surface area contributed by atoms with Gasteiger partial charge in [-0.2, -0.15) is 5.10 Å². The van der Waals surface area contributed by atoms with Gasteiger partial charge in [-0.1, -0.05) is 41.4 Å². The van der Waals surface area contributed by atoms with Crippen molar-refractivity contribution in [2.45, 2.75) is 26.0 Å². The Morgan fingerprint density at radius 2 is 1.77 bits per heavy atom. The van der Waals surface area contributed by atoms with Crippen molar-refractivity contribution in [1.82, 2.24) is 10.3 Å². The number of ether oxygens (including phenoxy) is 2. The topological polar surface area (TPSA) is 106 Å². The minimum Gasteiger partial charge on any atom is -0.493 e. The third-order valence-corrected chi connectivity index (χ3v) is 7.21. The molecule has 9 nitrogen and oxygen atoms in total. The molecule has 0 aromatic heterocycles. The summed E-state index contributed by atoms with van der Waals surface area (Å²) in [4.78, 5) is 25.3. The molecule has 3 aromatic rings. The molecular formula is C28H28Cl2N4O5. The second-order valence-electron chi connectivity index (χ2n) is 9.16. The minimum absolute atomic E-state index is 0.0800. The first-order chi connectivity index (χ1) is 18.8. The quantitative estimate of drug-likeness (QED) is 0.186. The summed E-state index contributed by atoms with van der Waals surface area (Å²) in [6.07, 6.45) is 2.99. The number of nitro groups is 1. The van der Waals surface area contributed by atoms with Gasteiger partial charge < -0.3 is 9.47 Å². The van der Waals surface area contributed by atoms with E-state index in [1.165, 1.54) is 12.1 Å². The number of nitro benzene ring substituents is 1. The molecule has 0 spiro atoms. The molecule has 1 fully saturated rings. The molecule has 0 bridgehead atoms. The highest BCUT2D eigenvalue weighted by Crippen LogP contribution is 2.29. The first kappa shape index (κ1) is 28.4. The zero-order valence-corrected chi connectivity index (χ0v) is 22.8. The number of hydrogen-bond donors (Lipinski definition) is 1. The predicted molar refractivity (Wildman–Crippen MR) is 151 cm³/mol. The minimum atomic E-state index is -0.405. The lowest BCUT2D eigenvalue weighted by Gasteiger charge is -2.30. The van der Waals surface area contributed by atoms with Gasteiger partial charge in [-0.05, 0) is 73.0 Å². The number of hydrazone groups is 1. The molecule has 1 heterocycles. The SMILES string of the molecule is COc1ccc(/C=N\NC(=O)C2CCN(Cc3ccc([N+](=O)[O-])cc3)CC2)cc1OCc1ccc(Cl)c(Cl)c1. The van der Waals surface area contributed by atoms with Crippen molar-refractivity contribution in [2.75, 3.05) is 20.2 Å². The van der Waals surface area contributed by atoms with E-state index in [2.05, 4.69) is 15.4 Å². The molecule has 39 heavy (non-hydrogen) atoms. The number of likely N-dealkylation sites (tertiary alicyclic amines) is 1. The summed E-state index contributed by atoms with van der Waals surface area (Å²) >= 11 is 12.1. The molecule has 4 rings (SSSR count). The molecule has 0 radical (unpaired) electrons. The van der Waals surface area contributed by atoms with Crippen LogP contribution in [0, 0.1) is 16.0 Å². The highest BCUT2D eigenvalue weighted by atomic mass is 35.5. The van der Waals surface area contributed by atoms with Crippen LogP contribution in [0.5, 0.6) is 11.5 Å². The molecule has 1 amide bonds. The predicted octanol–water partition coefficient (Wildman–Crippen LogP) is 5.85. The summed E-state index contributed by atoms with van der Waals surface area (Å²) in [7, 11) is 1.56. The summed E-state index contributed by atoms with van der Waals surface area (Å²) in [6, 6.07) is 17.2. The third-order valence-electron chi connectivity index (χ3n) is 6.47. The lowest BCUT2D eigenvalue weighted by molar-refractivity contribution is -0.384.